The third-order valence-corrected chi connectivity index (χ3v) is 5.15. The van der Waals surface area contributed by atoms with Crippen molar-refractivity contribution in [3.8, 4) is 0 Å². The van der Waals surface area contributed by atoms with Gasteiger partial charge in [-0.1, -0.05) is 60.7 Å². The monoisotopic (exact) mass is 289 g/mol. The molecule has 0 spiro atoms. The predicted octanol–water partition coefficient (Wildman–Crippen LogP) is 3.05. The average Bonchev–Trinajstić information content (AvgIpc) is 3.09. The van der Waals surface area contributed by atoms with Crippen molar-refractivity contribution >= 4 is 7.75 Å². The Hall–Kier alpha value is -1.45. The summed E-state index contributed by atoms with van der Waals surface area (Å²) >= 11 is 0. The van der Waals surface area contributed by atoms with E-state index in [2.05, 4.69) is 0 Å². The summed E-state index contributed by atoms with van der Waals surface area (Å²) in [5, 5.41) is 0. The fourth-order valence-electron chi connectivity index (χ4n) is 2.96. The Bertz CT molecular complexity index is 655. The van der Waals surface area contributed by atoms with Crippen LogP contribution in [-0.4, -0.2) is 14.5 Å². The molecule has 1 aliphatic rings. The van der Waals surface area contributed by atoms with Crippen LogP contribution in [0.3, 0.4) is 0 Å². The maximum atomic E-state index is 11.8. The zero-order valence-corrected chi connectivity index (χ0v) is 11.9. The van der Waals surface area contributed by atoms with Crippen LogP contribution in [0.1, 0.15) is 24.1 Å². The lowest BCUT2D eigenvalue weighted by atomic mass is 9.93. The molecule has 0 saturated carbocycles. The van der Waals surface area contributed by atoms with E-state index in [1.165, 1.54) is 4.67 Å². The van der Waals surface area contributed by atoms with Gasteiger partial charge < -0.3 is 9.79 Å². The minimum atomic E-state index is -4.30. The molecule has 3 atom stereocenters. The van der Waals surface area contributed by atoms with Gasteiger partial charge in [0, 0.05) is 0 Å². The summed E-state index contributed by atoms with van der Waals surface area (Å²) in [7, 11) is -4.30. The lowest BCUT2D eigenvalue weighted by molar-refractivity contribution is 0.317. The molecule has 5 heteroatoms. The van der Waals surface area contributed by atoms with E-state index in [0.717, 1.165) is 11.1 Å². The van der Waals surface area contributed by atoms with Crippen molar-refractivity contribution in [2.75, 3.05) is 0 Å². The molecule has 1 fully saturated rings. The highest BCUT2D eigenvalue weighted by molar-refractivity contribution is 7.49. The molecule has 0 amide bonds. The first kappa shape index (κ1) is 13.5. The highest BCUT2D eigenvalue weighted by Gasteiger charge is 2.67. The Balaban J connectivity index is 2.08. The Morgan fingerprint density at radius 2 is 1.50 bits per heavy atom. The van der Waals surface area contributed by atoms with Gasteiger partial charge in [-0.05, 0) is 18.1 Å². The van der Waals surface area contributed by atoms with Gasteiger partial charge in [0.15, 0.2) is 0 Å². The van der Waals surface area contributed by atoms with Crippen LogP contribution in [0.5, 0.6) is 0 Å². The Morgan fingerprint density at radius 1 is 1.00 bits per heavy atom. The van der Waals surface area contributed by atoms with Crippen LogP contribution >= 0.6 is 7.75 Å². The van der Waals surface area contributed by atoms with Gasteiger partial charge in [-0.2, -0.15) is 4.67 Å². The molecule has 3 unspecified atom stereocenters. The van der Waals surface area contributed by atoms with E-state index < -0.39 is 13.3 Å². The summed E-state index contributed by atoms with van der Waals surface area (Å²) in [6.07, 6.45) is 0. The first-order valence-electron chi connectivity index (χ1n) is 6.41. The van der Waals surface area contributed by atoms with E-state index in [0.29, 0.717) is 0 Å². The van der Waals surface area contributed by atoms with Crippen molar-refractivity contribution < 1.29 is 14.4 Å². The fraction of sp³-hybridized carbons (Fsp3) is 0.200. The predicted molar refractivity (Wildman–Crippen MR) is 76.9 cm³/mol. The molecule has 0 radical (unpaired) electrons. The molecule has 0 aliphatic carbocycles. The van der Waals surface area contributed by atoms with Gasteiger partial charge in [-0.15, -0.1) is 0 Å². The molecule has 2 aromatic carbocycles. The van der Waals surface area contributed by atoms with Crippen LogP contribution in [0.2, 0.25) is 0 Å². The van der Waals surface area contributed by atoms with Gasteiger partial charge in [0.25, 0.3) is 0 Å². The van der Waals surface area contributed by atoms with E-state index in [1.54, 1.807) is 0 Å². The van der Waals surface area contributed by atoms with E-state index in [-0.39, 0.29) is 6.04 Å². The minimum absolute atomic E-state index is 0.299. The molecule has 2 aromatic rings. The molecule has 2 N–H and O–H groups in total. The molecule has 1 heterocycles. The van der Waals surface area contributed by atoms with Crippen molar-refractivity contribution in [3.63, 3.8) is 0 Å². The standard InChI is InChI=1S/C15H16NO3P/c1-15(13-10-6-3-7-11-13)14(16(15)20(17,18)19)12-8-4-2-5-9-12/h2-11,14H,1H3,(H2,17,18,19). The second kappa shape index (κ2) is 4.54. The number of nitrogens with zero attached hydrogens (tertiary/aromatic N) is 1. The molecule has 20 heavy (non-hydrogen) atoms. The highest BCUT2D eigenvalue weighted by Crippen LogP contribution is 2.71. The van der Waals surface area contributed by atoms with Crippen molar-refractivity contribution in [1.82, 2.24) is 4.67 Å². The number of hydrogen-bond acceptors (Lipinski definition) is 1. The summed E-state index contributed by atoms with van der Waals surface area (Å²) in [6, 6.07) is 18.7. The highest BCUT2D eigenvalue weighted by atomic mass is 31.2. The summed E-state index contributed by atoms with van der Waals surface area (Å²) < 4.78 is 13.1. The molecule has 104 valence electrons. The minimum Gasteiger partial charge on any atom is -0.312 e. The lowest BCUT2D eigenvalue weighted by Gasteiger charge is -2.13. The summed E-state index contributed by atoms with van der Waals surface area (Å²) in [4.78, 5) is 19.2. The number of rotatable bonds is 3. The van der Waals surface area contributed by atoms with Crippen molar-refractivity contribution in [2.45, 2.75) is 18.5 Å². The summed E-state index contributed by atoms with van der Waals surface area (Å²) in [6.45, 7) is 1.87. The van der Waals surface area contributed by atoms with Gasteiger partial charge in [-0.25, -0.2) is 4.57 Å². The van der Waals surface area contributed by atoms with E-state index in [1.807, 2.05) is 67.6 Å². The van der Waals surface area contributed by atoms with Crippen LogP contribution in [0.15, 0.2) is 60.7 Å². The lowest BCUT2D eigenvalue weighted by Crippen LogP contribution is -2.10. The van der Waals surface area contributed by atoms with Crippen molar-refractivity contribution in [1.29, 1.82) is 0 Å². The Kier molecular flexibility index (Phi) is 3.07. The maximum absolute atomic E-state index is 11.8. The normalized spacial score (nSPS) is 29.1. The van der Waals surface area contributed by atoms with Gasteiger partial charge in [0.1, 0.15) is 0 Å². The molecule has 0 bridgehead atoms. The van der Waals surface area contributed by atoms with Gasteiger partial charge >= 0.3 is 7.75 Å². The van der Waals surface area contributed by atoms with Crippen molar-refractivity contribution in [2.24, 2.45) is 0 Å². The summed E-state index contributed by atoms with van der Waals surface area (Å²) in [5.74, 6) is 0. The molecule has 4 nitrogen and oxygen atoms in total. The van der Waals surface area contributed by atoms with Gasteiger partial charge in [0.05, 0.1) is 11.6 Å². The Labute approximate surface area is 117 Å². The smallest absolute Gasteiger partial charge is 0.312 e. The molecular weight excluding hydrogens is 273 g/mol. The SMILES string of the molecule is CC1(c2ccccc2)C(c2ccccc2)N1P(=O)(O)O. The number of benzene rings is 2. The third kappa shape index (κ3) is 2.02. The van der Waals surface area contributed by atoms with Crippen molar-refractivity contribution in [3.05, 3.63) is 71.8 Å². The van der Waals surface area contributed by atoms with Crippen LogP contribution in [0, 0.1) is 0 Å². The zero-order chi connectivity index (χ0) is 14.4. The van der Waals surface area contributed by atoms with Crippen LogP contribution < -0.4 is 0 Å². The van der Waals surface area contributed by atoms with Gasteiger partial charge in [0.2, 0.25) is 0 Å². The molecule has 3 rings (SSSR count). The van der Waals surface area contributed by atoms with E-state index in [4.69, 9.17) is 0 Å². The van der Waals surface area contributed by atoms with Crippen LogP contribution in [0.25, 0.3) is 0 Å². The Morgan fingerprint density at radius 3 is 2.00 bits per heavy atom. The third-order valence-electron chi connectivity index (χ3n) is 3.94. The average molecular weight is 289 g/mol. The summed E-state index contributed by atoms with van der Waals surface area (Å²) in [5.41, 5.74) is 1.17. The first-order valence-corrected chi connectivity index (χ1v) is 7.98. The first-order chi connectivity index (χ1) is 9.45. The van der Waals surface area contributed by atoms with Gasteiger partial charge in [-0.3, -0.25) is 0 Å². The molecule has 1 aliphatic heterocycles. The molecule has 0 aromatic heterocycles. The zero-order valence-electron chi connectivity index (χ0n) is 11.0. The fourth-order valence-corrected chi connectivity index (χ4v) is 4.33. The topological polar surface area (TPSA) is 60.5 Å². The largest absolute Gasteiger partial charge is 0.404 e. The second-order valence-electron chi connectivity index (χ2n) is 5.18. The van der Waals surface area contributed by atoms with Crippen LogP contribution in [-0.2, 0) is 10.1 Å². The quantitative estimate of drug-likeness (QED) is 0.673. The maximum Gasteiger partial charge on any atom is 0.404 e. The van der Waals surface area contributed by atoms with Crippen LogP contribution in [0.4, 0.5) is 0 Å². The second-order valence-corrected chi connectivity index (χ2v) is 6.64. The number of hydrogen-bond donors (Lipinski definition) is 2. The van der Waals surface area contributed by atoms with E-state index >= 15 is 0 Å². The molecule has 1 saturated heterocycles. The molecular formula is C15H16NO3P. The van der Waals surface area contributed by atoms with E-state index in [9.17, 15) is 14.4 Å².